The molecular weight excluding hydrogens is 320 g/mol. The summed E-state index contributed by atoms with van der Waals surface area (Å²) in [5.41, 5.74) is 1.28. The van der Waals surface area contributed by atoms with Crippen molar-refractivity contribution in [2.24, 2.45) is 0 Å². The predicted octanol–water partition coefficient (Wildman–Crippen LogP) is 4.90. The number of urea groups is 1. The first kappa shape index (κ1) is 14.3. The second-order valence-electron chi connectivity index (χ2n) is 4.39. The molecule has 0 saturated carbocycles. The molecule has 2 N–H and O–H groups in total. The van der Waals surface area contributed by atoms with Gasteiger partial charge in [-0.15, -0.1) is 22.7 Å². The van der Waals surface area contributed by atoms with E-state index in [1.807, 2.05) is 17.5 Å². The molecule has 21 heavy (non-hydrogen) atoms. The maximum Gasteiger partial charge on any atom is 0.319 e. The van der Waals surface area contributed by atoms with Gasteiger partial charge in [-0.25, -0.2) is 4.79 Å². The number of anilines is 1. The molecule has 3 aromatic rings. The molecule has 0 aliphatic rings. The van der Waals surface area contributed by atoms with E-state index >= 15 is 0 Å². The van der Waals surface area contributed by atoms with E-state index in [2.05, 4.69) is 39.6 Å². The van der Waals surface area contributed by atoms with Crippen LogP contribution in [-0.2, 0) is 6.42 Å². The molecule has 0 radical (unpaired) electrons. The monoisotopic (exact) mass is 334 g/mol. The molecule has 0 atom stereocenters. The Balaban J connectivity index is 1.46. The largest absolute Gasteiger partial charge is 0.337 e. The molecule has 0 unspecified atom stereocenters. The van der Waals surface area contributed by atoms with Crippen LogP contribution >= 0.6 is 34.0 Å². The topological polar surface area (TPSA) is 41.1 Å². The minimum absolute atomic E-state index is 0.146. The van der Waals surface area contributed by atoms with Crippen LogP contribution in [-0.4, -0.2) is 12.6 Å². The summed E-state index contributed by atoms with van der Waals surface area (Å²) in [5, 5.41) is 12.7. The lowest BCUT2D eigenvalue weighted by Crippen LogP contribution is -2.29. The van der Waals surface area contributed by atoms with Crippen LogP contribution in [0.5, 0.6) is 0 Å². The molecule has 3 nitrogen and oxygen atoms in total. The van der Waals surface area contributed by atoms with E-state index in [0.717, 1.165) is 11.4 Å². The van der Waals surface area contributed by atoms with E-state index in [0.29, 0.717) is 6.54 Å². The molecule has 0 fully saturated rings. The van der Waals surface area contributed by atoms with Crippen LogP contribution in [0.2, 0.25) is 0 Å². The van der Waals surface area contributed by atoms with Crippen LogP contribution < -0.4 is 10.6 Å². The zero-order chi connectivity index (χ0) is 14.5. The lowest BCUT2D eigenvalue weighted by atomic mass is 10.3. The van der Waals surface area contributed by atoms with Crippen molar-refractivity contribution in [3.8, 4) is 10.4 Å². The van der Waals surface area contributed by atoms with Gasteiger partial charge < -0.3 is 5.32 Å². The first-order chi connectivity index (χ1) is 10.3. The van der Waals surface area contributed by atoms with Crippen molar-refractivity contribution in [1.82, 2.24) is 5.32 Å². The second kappa shape index (κ2) is 6.89. The zero-order valence-corrected chi connectivity index (χ0v) is 13.6. The first-order valence-corrected chi connectivity index (χ1v) is 9.15. The number of amides is 2. The van der Waals surface area contributed by atoms with Crippen LogP contribution in [0.1, 0.15) is 4.88 Å². The van der Waals surface area contributed by atoms with Gasteiger partial charge in [0.05, 0.1) is 5.00 Å². The third kappa shape index (κ3) is 3.93. The van der Waals surface area contributed by atoms with Gasteiger partial charge in [-0.1, -0.05) is 0 Å². The Morgan fingerprint density at radius 1 is 1.14 bits per heavy atom. The summed E-state index contributed by atoms with van der Waals surface area (Å²) in [4.78, 5) is 14.3. The number of nitrogens with one attached hydrogen (secondary N) is 2. The van der Waals surface area contributed by atoms with Crippen LogP contribution in [0, 0.1) is 0 Å². The third-order valence-electron chi connectivity index (χ3n) is 2.88. The Kier molecular flexibility index (Phi) is 4.69. The Morgan fingerprint density at radius 2 is 2.10 bits per heavy atom. The molecule has 108 valence electrons. The fourth-order valence-electron chi connectivity index (χ4n) is 1.88. The summed E-state index contributed by atoms with van der Waals surface area (Å²) in [6.07, 6.45) is 0.854. The smallest absolute Gasteiger partial charge is 0.319 e. The van der Waals surface area contributed by atoms with Gasteiger partial charge in [-0.3, -0.25) is 5.32 Å². The molecule has 2 amide bonds. The normalized spacial score (nSPS) is 10.5. The fraction of sp³-hybridized carbons (Fsp3) is 0.133. The van der Waals surface area contributed by atoms with Gasteiger partial charge in [0.15, 0.2) is 0 Å². The second-order valence-corrected chi connectivity index (χ2v) is 7.28. The Bertz CT molecular complexity index is 686. The van der Waals surface area contributed by atoms with Crippen molar-refractivity contribution in [2.45, 2.75) is 6.42 Å². The van der Waals surface area contributed by atoms with Crippen LogP contribution in [0.25, 0.3) is 10.4 Å². The molecule has 3 rings (SSSR count). The predicted molar refractivity (Wildman–Crippen MR) is 92.7 cm³/mol. The minimum Gasteiger partial charge on any atom is -0.337 e. The highest BCUT2D eigenvalue weighted by Gasteiger charge is 2.05. The number of rotatable bonds is 5. The minimum atomic E-state index is -0.146. The molecule has 6 heteroatoms. The van der Waals surface area contributed by atoms with Crippen LogP contribution in [0.4, 0.5) is 9.80 Å². The maximum absolute atomic E-state index is 11.7. The number of carbonyl (C=O) groups is 1. The highest BCUT2D eigenvalue weighted by molar-refractivity contribution is 7.16. The first-order valence-electron chi connectivity index (χ1n) is 6.51. The van der Waals surface area contributed by atoms with Crippen molar-refractivity contribution in [1.29, 1.82) is 0 Å². The number of carbonyl (C=O) groups excluding carboxylic acids is 1. The van der Waals surface area contributed by atoms with Gasteiger partial charge in [0, 0.05) is 21.9 Å². The Morgan fingerprint density at radius 3 is 2.86 bits per heavy atom. The number of thiophene rings is 3. The zero-order valence-electron chi connectivity index (χ0n) is 11.2. The lowest BCUT2D eigenvalue weighted by Gasteiger charge is -2.04. The molecule has 0 spiro atoms. The quantitative estimate of drug-likeness (QED) is 0.684. The fourth-order valence-corrected chi connectivity index (χ4v) is 4.22. The summed E-state index contributed by atoms with van der Waals surface area (Å²) >= 11 is 5.01. The summed E-state index contributed by atoms with van der Waals surface area (Å²) < 4.78 is 0. The van der Waals surface area contributed by atoms with Gasteiger partial charge in [0.1, 0.15) is 0 Å². The summed E-state index contributed by atoms with van der Waals surface area (Å²) in [6, 6.07) is 10.1. The Hall–Kier alpha value is -1.63. The highest BCUT2D eigenvalue weighted by atomic mass is 32.1. The molecule has 0 aliphatic carbocycles. The van der Waals surface area contributed by atoms with E-state index < -0.39 is 0 Å². The maximum atomic E-state index is 11.7. The van der Waals surface area contributed by atoms with Crippen LogP contribution in [0.3, 0.4) is 0 Å². The SMILES string of the molecule is O=C(NCCc1ccc(-c2ccsc2)s1)Nc1cccs1. The summed E-state index contributed by atoms with van der Waals surface area (Å²) in [7, 11) is 0. The average Bonchev–Trinajstić information content (AvgIpc) is 3.21. The molecule has 3 heterocycles. The Labute approximate surface area is 135 Å². The van der Waals surface area contributed by atoms with Gasteiger partial charge in [-0.2, -0.15) is 11.3 Å². The van der Waals surface area contributed by atoms with E-state index in [9.17, 15) is 4.79 Å². The summed E-state index contributed by atoms with van der Waals surface area (Å²) in [5.74, 6) is 0. The standard InChI is InChI=1S/C15H14N2OS3/c18-15(17-14-2-1-8-20-14)16-7-5-12-3-4-13(21-12)11-6-9-19-10-11/h1-4,6,8-10H,5,7H2,(H2,16,17,18). The van der Waals surface area contributed by atoms with Crippen molar-refractivity contribution < 1.29 is 4.79 Å². The molecule has 0 bridgehead atoms. The molecule has 0 aromatic carbocycles. The van der Waals surface area contributed by atoms with Gasteiger partial charge in [0.25, 0.3) is 0 Å². The third-order valence-corrected chi connectivity index (χ3v) is 5.54. The number of hydrogen-bond donors (Lipinski definition) is 2. The van der Waals surface area contributed by atoms with Crippen molar-refractivity contribution in [2.75, 3.05) is 11.9 Å². The molecule has 0 aliphatic heterocycles. The molecular formula is C15H14N2OS3. The van der Waals surface area contributed by atoms with Gasteiger partial charge in [0.2, 0.25) is 0 Å². The van der Waals surface area contributed by atoms with Crippen molar-refractivity contribution in [3.63, 3.8) is 0 Å². The van der Waals surface area contributed by atoms with Gasteiger partial charge in [-0.05, 0) is 52.9 Å². The summed E-state index contributed by atoms with van der Waals surface area (Å²) in [6.45, 7) is 0.640. The number of hydrogen-bond acceptors (Lipinski definition) is 4. The van der Waals surface area contributed by atoms with Crippen molar-refractivity contribution in [3.05, 3.63) is 51.3 Å². The van der Waals surface area contributed by atoms with E-state index in [1.54, 1.807) is 22.7 Å². The highest BCUT2D eigenvalue weighted by Crippen LogP contribution is 2.29. The van der Waals surface area contributed by atoms with E-state index in [4.69, 9.17) is 0 Å². The van der Waals surface area contributed by atoms with Gasteiger partial charge >= 0.3 is 6.03 Å². The van der Waals surface area contributed by atoms with Crippen LogP contribution in [0.15, 0.2) is 46.5 Å². The lowest BCUT2D eigenvalue weighted by molar-refractivity contribution is 0.252. The molecule has 3 aromatic heterocycles. The van der Waals surface area contributed by atoms with Crippen molar-refractivity contribution >= 4 is 45.0 Å². The molecule has 0 saturated heterocycles. The van der Waals surface area contributed by atoms with E-state index in [1.165, 1.54) is 26.7 Å². The van der Waals surface area contributed by atoms with E-state index in [-0.39, 0.29) is 6.03 Å². The average molecular weight is 334 g/mol.